The van der Waals surface area contributed by atoms with Gasteiger partial charge in [0.15, 0.2) is 0 Å². The van der Waals surface area contributed by atoms with Crippen LogP contribution in [0.25, 0.3) is 0 Å². The van der Waals surface area contributed by atoms with Crippen molar-refractivity contribution in [3.05, 3.63) is 66.0 Å². The van der Waals surface area contributed by atoms with Gasteiger partial charge in [0, 0.05) is 19.0 Å². The normalized spacial score (nSPS) is 18.5. The van der Waals surface area contributed by atoms with Crippen LogP contribution in [0.5, 0.6) is 5.75 Å². The predicted molar refractivity (Wildman–Crippen MR) is 104 cm³/mol. The summed E-state index contributed by atoms with van der Waals surface area (Å²) < 4.78 is 23.8. The number of para-hydroxylation sites is 1. The molecule has 0 radical (unpaired) electrons. The van der Waals surface area contributed by atoms with Gasteiger partial charge in [-0.25, -0.2) is 9.18 Å². The van der Waals surface area contributed by atoms with Crippen molar-refractivity contribution in [1.29, 1.82) is 0 Å². The summed E-state index contributed by atoms with van der Waals surface area (Å²) in [4.78, 5) is 36.5. The van der Waals surface area contributed by atoms with Gasteiger partial charge in [0.2, 0.25) is 0 Å². The number of amides is 1. The molecule has 2 aromatic carbocycles. The van der Waals surface area contributed by atoms with Crippen LogP contribution in [0.4, 0.5) is 9.18 Å². The molecule has 1 aliphatic heterocycles. The molecule has 0 saturated carbocycles. The van der Waals surface area contributed by atoms with Gasteiger partial charge < -0.3 is 19.5 Å². The van der Waals surface area contributed by atoms with Gasteiger partial charge in [-0.3, -0.25) is 9.59 Å². The number of nitrogens with zero attached hydrogens (tertiary/aromatic N) is 1. The first-order valence-electron chi connectivity index (χ1n) is 9.57. The lowest BCUT2D eigenvalue weighted by Crippen LogP contribution is -2.45. The maximum atomic E-state index is 13.3. The summed E-state index contributed by atoms with van der Waals surface area (Å²) in [6.45, 7) is 0.630. The fourth-order valence-corrected chi connectivity index (χ4v) is 3.54. The fourth-order valence-electron chi connectivity index (χ4n) is 3.54. The number of benzene rings is 2. The molecule has 30 heavy (non-hydrogen) atoms. The Morgan fingerprint density at radius 1 is 1.07 bits per heavy atom. The molecule has 1 saturated heterocycles. The summed E-state index contributed by atoms with van der Waals surface area (Å²) in [5, 5.41) is 8.73. The Morgan fingerprint density at radius 2 is 1.77 bits per heavy atom. The van der Waals surface area contributed by atoms with E-state index in [9.17, 15) is 18.8 Å². The van der Waals surface area contributed by atoms with Crippen molar-refractivity contribution in [1.82, 2.24) is 4.90 Å². The molecule has 0 aromatic heterocycles. The molecule has 1 aliphatic rings. The quantitative estimate of drug-likeness (QED) is 0.574. The molecule has 1 heterocycles. The first-order chi connectivity index (χ1) is 14.4. The molecule has 7 nitrogen and oxygen atoms in total. The highest BCUT2D eigenvalue weighted by molar-refractivity contribution is 5.90. The van der Waals surface area contributed by atoms with Gasteiger partial charge >= 0.3 is 18.0 Å². The van der Waals surface area contributed by atoms with E-state index < -0.39 is 24.5 Å². The molecule has 8 heteroatoms. The topological polar surface area (TPSA) is 93.1 Å². The van der Waals surface area contributed by atoms with Crippen LogP contribution in [0, 0.1) is 11.7 Å². The molecule has 2 atom stereocenters. The third-order valence-corrected chi connectivity index (χ3v) is 4.99. The number of rotatable bonds is 6. The number of halogens is 1. The summed E-state index contributed by atoms with van der Waals surface area (Å²) in [7, 11) is 0. The average molecular weight is 415 g/mol. The second-order valence-electron chi connectivity index (χ2n) is 7.09. The van der Waals surface area contributed by atoms with Crippen molar-refractivity contribution >= 4 is 18.0 Å². The van der Waals surface area contributed by atoms with Crippen LogP contribution in [0.15, 0.2) is 54.6 Å². The van der Waals surface area contributed by atoms with Crippen LogP contribution in [-0.2, 0) is 14.3 Å². The zero-order chi connectivity index (χ0) is 21.5. The third kappa shape index (κ3) is 5.79. The van der Waals surface area contributed by atoms with Crippen LogP contribution < -0.4 is 4.74 Å². The second-order valence-corrected chi connectivity index (χ2v) is 7.09. The second kappa shape index (κ2) is 9.87. The van der Waals surface area contributed by atoms with Crippen LogP contribution in [0.1, 0.15) is 24.3 Å². The van der Waals surface area contributed by atoms with Crippen molar-refractivity contribution in [2.24, 2.45) is 5.92 Å². The van der Waals surface area contributed by atoms with Crippen molar-refractivity contribution in [2.45, 2.75) is 18.8 Å². The van der Waals surface area contributed by atoms with E-state index in [0.29, 0.717) is 18.7 Å². The molecule has 158 valence electrons. The molecule has 0 unspecified atom stereocenters. The monoisotopic (exact) mass is 415 g/mol. The van der Waals surface area contributed by atoms with E-state index in [2.05, 4.69) is 0 Å². The van der Waals surface area contributed by atoms with E-state index in [1.165, 1.54) is 17.0 Å². The zero-order valence-electron chi connectivity index (χ0n) is 16.2. The molecular formula is C22H22FNO6. The van der Waals surface area contributed by atoms with Crippen LogP contribution >= 0.6 is 0 Å². The van der Waals surface area contributed by atoms with Gasteiger partial charge in [-0.2, -0.15) is 0 Å². The standard InChI is InChI=1S/C22H22FNO6/c23-17-8-6-15(7-9-17)19-10-11-24(22(28)30-18-4-2-1-3-5-18)13-16(19)14-29-21(27)12-20(25)26/h1-9,16,19H,10-14H2,(H,25,26)/t16-,19-/m1/s1. The molecule has 0 spiro atoms. The van der Waals surface area contributed by atoms with E-state index in [4.69, 9.17) is 14.6 Å². The molecule has 3 rings (SSSR count). The Kier molecular flexibility index (Phi) is 7.00. The van der Waals surface area contributed by atoms with E-state index in [0.717, 1.165) is 5.56 Å². The Bertz CT molecular complexity index is 886. The predicted octanol–water partition coefficient (Wildman–Crippen LogP) is 3.45. The smallest absolute Gasteiger partial charge is 0.415 e. The number of esters is 1. The number of carbonyl (C=O) groups is 3. The maximum absolute atomic E-state index is 13.3. The zero-order valence-corrected chi connectivity index (χ0v) is 16.2. The molecule has 1 fully saturated rings. The van der Waals surface area contributed by atoms with Gasteiger partial charge in [0.05, 0.1) is 6.61 Å². The number of carboxylic acid groups (broad SMARTS) is 1. The molecule has 1 N–H and O–H groups in total. The van der Waals surface area contributed by atoms with Gasteiger partial charge in [0.1, 0.15) is 18.0 Å². The highest BCUT2D eigenvalue weighted by Gasteiger charge is 2.34. The van der Waals surface area contributed by atoms with E-state index in [-0.39, 0.29) is 30.8 Å². The summed E-state index contributed by atoms with van der Waals surface area (Å²) in [5.74, 6) is -2.41. The van der Waals surface area contributed by atoms with Crippen molar-refractivity contribution in [3.8, 4) is 5.75 Å². The SMILES string of the molecule is O=C(O)CC(=O)OC[C@H]1CN(C(=O)Oc2ccccc2)CC[C@@H]1c1ccc(F)cc1. The van der Waals surface area contributed by atoms with Gasteiger partial charge in [-0.05, 0) is 42.2 Å². The number of aliphatic carboxylic acids is 1. The summed E-state index contributed by atoms with van der Waals surface area (Å²) in [6, 6.07) is 14.7. The third-order valence-electron chi connectivity index (χ3n) is 4.99. The summed E-state index contributed by atoms with van der Waals surface area (Å²) >= 11 is 0. The molecular weight excluding hydrogens is 393 g/mol. The fraction of sp³-hybridized carbons (Fsp3) is 0.318. The maximum Gasteiger partial charge on any atom is 0.415 e. The van der Waals surface area contributed by atoms with E-state index in [1.54, 1.807) is 36.4 Å². The molecule has 0 aliphatic carbocycles. The summed E-state index contributed by atoms with van der Waals surface area (Å²) in [5.41, 5.74) is 0.867. The van der Waals surface area contributed by atoms with Crippen molar-refractivity contribution < 1.29 is 33.4 Å². The largest absolute Gasteiger partial charge is 0.481 e. The van der Waals surface area contributed by atoms with E-state index >= 15 is 0 Å². The van der Waals surface area contributed by atoms with Crippen molar-refractivity contribution in [2.75, 3.05) is 19.7 Å². The first kappa shape index (κ1) is 21.3. The lowest BCUT2D eigenvalue weighted by atomic mass is 9.81. The highest BCUT2D eigenvalue weighted by Crippen LogP contribution is 2.34. The van der Waals surface area contributed by atoms with E-state index in [1.807, 2.05) is 6.07 Å². The molecule has 1 amide bonds. The number of hydrogen-bond donors (Lipinski definition) is 1. The number of likely N-dealkylation sites (tertiary alicyclic amines) is 1. The van der Waals surface area contributed by atoms with Crippen molar-refractivity contribution in [3.63, 3.8) is 0 Å². The average Bonchev–Trinajstić information content (AvgIpc) is 2.73. The van der Waals surface area contributed by atoms with Gasteiger partial charge in [0.25, 0.3) is 0 Å². The molecule has 0 bridgehead atoms. The lowest BCUT2D eigenvalue weighted by molar-refractivity contribution is -0.152. The minimum absolute atomic E-state index is 0.0523. The van der Waals surface area contributed by atoms with Gasteiger partial charge in [-0.1, -0.05) is 30.3 Å². The Balaban J connectivity index is 1.70. The van der Waals surface area contributed by atoms with Crippen LogP contribution in [0.3, 0.4) is 0 Å². The molecule has 2 aromatic rings. The number of piperidine rings is 1. The van der Waals surface area contributed by atoms with Crippen LogP contribution in [-0.4, -0.2) is 47.7 Å². The minimum atomic E-state index is -1.27. The highest BCUT2D eigenvalue weighted by atomic mass is 19.1. The first-order valence-corrected chi connectivity index (χ1v) is 9.57. The number of hydrogen-bond acceptors (Lipinski definition) is 5. The number of carboxylic acids is 1. The van der Waals surface area contributed by atoms with Crippen LogP contribution in [0.2, 0.25) is 0 Å². The number of ether oxygens (including phenoxy) is 2. The van der Waals surface area contributed by atoms with Gasteiger partial charge in [-0.15, -0.1) is 0 Å². The number of carbonyl (C=O) groups excluding carboxylic acids is 2. The Labute approximate surface area is 173 Å². The summed E-state index contributed by atoms with van der Waals surface area (Å²) in [6.07, 6.45) is -0.676. The Morgan fingerprint density at radius 3 is 2.43 bits per heavy atom. The lowest BCUT2D eigenvalue weighted by Gasteiger charge is -2.38. The Hall–Kier alpha value is -3.42. The minimum Gasteiger partial charge on any atom is -0.481 e.